The van der Waals surface area contributed by atoms with Crippen LogP contribution in [0.3, 0.4) is 0 Å². The number of hydrogen-bond acceptors (Lipinski definition) is 4. The first-order valence-electron chi connectivity index (χ1n) is 9.15. The third-order valence-corrected chi connectivity index (χ3v) is 4.73. The minimum Gasteiger partial charge on any atom is -0.497 e. The number of carbonyl (C=O) groups excluding carboxylic acids is 2. The van der Waals surface area contributed by atoms with Crippen LogP contribution in [0.1, 0.15) is 15.9 Å². The Bertz CT molecular complexity index is 853. The van der Waals surface area contributed by atoms with E-state index in [1.807, 2.05) is 24.3 Å². The van der Waals surface area contributed by atoms with Crippen molar-refractivity contribution < 1.29 is 19.1 Å². The van der Waals surface area contributed by atoms with Gasteiger partial charge >= 0.3 is 0 Å². The number of rotatable bonds is 5. The smallest absolute Gasteiger partial charge is 0.253 e. The van der Waals surface area contributed by atoms with Crippen LogP contribution in [0.25, 0.3) is 6.08 Å². The Hall–Kier alpha value is -3.28. The van der Waals surface area contributed by atoms with Gasteiger partial charge in [-0.05, 0) is 48.0 Å². The second-order valence-corrected chi connectivity index (χ2v) is 6.46. The zero-order valence-corrected chi connectivity index (χ0v) is 16.1. The Morgan fingerprint density at radius 1 is 0.857 bits per heavy atom. The molecule has 2 aromatic rings. The fraction of sp³-hybridized carbons (Fsp3) is 0.273. The topological polar surface area (TPSA) is 59.1 Å². The Morgan fingerprint density at radius 3 is 2.14 bits per heavy atom. The molecule has 1 aliphatic rings. The van der Waals surface area contributed by atoms with Gasteiger partial charge in [0.1, 0.15) is 11.5 Å². The van der Waals surface area contributed by atoms with Gasteiger partial charge in [-0.15, -0.1) is 0 Å². The summed E-state index contributed by atoms with van der Waals surface area (Å²) < 4.78 is 10.3. The van der Waals surface area contributed by atoms with Gasteiger partial charge in [-0.3, -0.25) is 9.59 Å². The first-order chi connectivity index (χ1) is 13.6. The number of ether oxygens (including phenoxy) is 2. The second kappa shape index (κ2) is 9.08. The van der Waals surface area contributed by atoms with Crippen molar-refractivity contribution in [1.82, 2.24) is 9.80 Å². The van der Waals surface area contributed by atoms with E-state index in [1.165, 1.54) is 0 Å². The highest BCUT2D eigenvalue weighted by Crippen LogP contribution is 2.16. The fourth-order valence-electron chi connectivity index (χ4n) is 3.06. The molecule has 6 heteroatoms. The van der Waals surface area contributed by atoms with Crippen molar-refractivity contribution in [2.45, 2.75) is 0 Å². The Morgan fingerprint density at radius 2 is 1.50 bits per heavy atom. The van der Waals surface area contributed by atoms with Crippen molar-refractivity contribution in [3.05, 3.63) is 65.7 Å². The predicted octanol–water partition coefficient (Wildman–Crippen LogP) is 2.70. The molecule has 1 fully saturated rings. The summed E-state index contributed by atoms with van der Waals surface area (Å²) in [6.07, 6.45) is 3.34. The lowest BCUT2D eigenvalue weighted by Crippen LogP contribution is -2.50. The van der Waals surface area contributed by atoms with E-state index in [0.29, 0.717) is 31.7 Å². The van der Waals surface area contributed by atoms with Crippen LogP contribution in [-0.4, -0.2) is 62.0 Å². The third-order valence-electron chi connectivity index (χ3n) is 4.73. The lowest BCUT2D eigenvalue weighted by molar-refractivity contribution is -0.127. The van der Waals surface area contributed by atoms with Crippen molar-refractivity contribution in [2.24, 2.45) is 0 Å². The van der Waals surface area contributed by atoms with E-state index in [4.69, 9.17) is 9.47 Å². The quantitative estimate of drug-likeness (QED) is 0.749. The molecule has 0 bridgehead atoms. The monoisotopic (exact) mass is 380 g/mol. The Kier molecular flexibility index (Phi) is 6.32. The van der Waals surface area contributed by atoms with Crippen LogP contribution in [0.5, 0.6) is 11.5 Å². The molecule has 6 nitrogen and oxygen atoms in total. The van der Waals surface area contributed by atoms with E-state index in [2.05, 4.69) is 0 Å². The number of benzene rings is 2. The van der Waals surface area contributed by atoms with E-state index >= 15 is 0 Å². The van der Waals surface area contributed by atoms with Crippen LogP contribution in [0, 0.1) is 0 Å². The number of carbonyl (C=O) groups is 2. The largest absolute Gasteiger partial charge is 0.497 e. The number of piperazine rings is 1. The van der Waals surface area contributed by atoms with Crippen molar-refractivity contribution in [3.8, 4) is 11.5 Å². The lowest BCUT2D eigenvalue weighted by Gasteiger charge is -2.34. The van der Waals surface area contributed by atoms with Gasteiger partial charge < -0.3 is 19.3 Å². The van der Waals surface area contributed by atoms with Crippen LogP contribution in [-0.2, 0) is 4.79 Å². The summed E-state index contributed by atoms with van der Waals surface area (Å²) in [5.74, 6) is 1.39. The molecule has 2 amide bonds. The maximum atomic E-state index is 12.6. The van der Waals surface area contributed by atoms with E-state index in [-0.39, 0.29) is 11.8 Å². The highest BCUT2D eigenvalue weighted by Gasteiger charge is 2.23. The average molecular weight is 380 g/mol. The van der Waals surface area contributed by atoms with Gasteiger partial charge in [-0.25, -0.2) is 0 Å². The molecule has 0 atom stereocenters. The third kappa shape index (κ3) is 4.71. The molecule has 1 saturated heterocycles. The summed E-state index contributed by atoms with van der Waals surface area (Å²) in [5.41, 5.74) is 1.53. The second-order valence-electron chi connectivity index (χ2n) is 6.46. The molecule has 0 aromatic heterocycles. The first-order valence-corrected chi connectivity index (χ1v) is 9.15. The van der Waals surface area contributed by atoms with E-state index in [1.54, 1.807) is 60.4 Å². The van der Waals surface area contributed by atoms with Crippen LogP contribution >= 0.6 is 0 Å². The van der Waals surface area contributed by atoms with Crippen molar-refractivity contribution in [2.75, 3.05) is 40.4 Å². The van der Waals surface area contributed by atoms with E-state index in [0.717, 1.165) is 17.1 Å². The van der Waals surface area contributed by atoms with Gasteiger partial charge in [-0.2, -0.15) is 0 Å². The maximum absolute atomic E-state index is 12.6. The van der Waals surface area contributed by atoms with Crippen LogP contribution in [0.2, 0.25) is 0 Å². The zero-order valence-electron chi connectivity index (χ0n) is 16.1. The summed E-state index contributed by atoms with van der Waals surface area (Å²) in [5, 5.41) is 0. The molecule has 0 saturated carbocycles. The fourth-order valence-corrected chi connectivity index (χ4v) is 3.06. The van der Waals surface area contributed by atoms with Gasteiger partial charge in [0.15, 0.2) is 0 Å². The molecule has 0 unspecified atom stereocenters. The summed E-state index contributed by atoms with van der Waals surface area (Å²) in [7, 11) is 3.20. The van der Waals surface area contributed by atoms with Crippen molar-refractivity contribution in [1.29, 1.82) is 0 Å². The SMILES string of the molecule is COc1ccc(C(=O)N2CCN(C(=O)/C=C/c3cccc(OC)c3)CC2)cc1. The molecule has 1 heterocycles. The lowest BCUT2D eigenvalue weighted by atomic mass is 10.1. The molecule has 1 aliphatic heterocycles. The van der Waals surface area contributed by atoms with E-state index in [9.17, 15) is 9.59 Å². The normalized spacial score (nSPS) is 14.2. The molecular formula is C22H24N2O4. The summed E-state index contributed by atoms with van der Waals surface area (Å²) >= 11 is 0. The minimum absolute atomic E-state index is 0.0262. The van der Waals surface area contributed by atoms with Gasteiger partial charge in [0.2, 0.25) is 5.91 Å². The highest BCUT2D eigenvalue weighted by molar-refractivity contribution is 5.95. The summed E-state index contributed by atoms with van der Waals surface area (Å²) in [6, 6.07) is 14.6. The standard InChI is InChI=1S/C22H24N2O4/c1-27-19-9-7-18(8-10-19)22(26)24-14-12-23(13-15-24)21(25)11-6-17-4-3-5-20(16-17)28-2/h3-11,16H,12-15H2,1-2H3/b11-6+. The van der Waals surface area contributed by atoms with Crippen molar-refractivity contribution in [3.63, 3.8) is 0 Å². The maximum Gasteiger partial charge on any atom is 0.253 e. The molecule has 0 radical (unpaired) electrons. The summed E-state index contributed by atoms with van der Waals surface area (Å²) in [4.78, 5) is 28.6. The van der Waals surface area contributed by atoms with Crippen LogP contribution in [0.4, 0.5) is 0 Å². The van der Waals surface area contributed by atoms with Gasteiger partial charge in [0.05, 0.1) is 14.2 Å². The number of methoxy groups -OCH3 is 2. The molecule has 0 aliphatic carbocycles. The average Bonchev–Trinajstić information content (AvgIpc) is 2.77. The molecule has 2 aromatic carbocycles. The van der Waals surface area contributed by atoms with Crippen molar-refractivity contribution >= 4 is 17.9 Å². The summed E-state index contributed by atoms with van der Waals surface area (Å²) in [6.45, 7) is 2.07. The van der Waals surface area contributed by atoms with Gasteiger partial charge in [0.25, 0.3) is 5.91 Å². The minimum atomic E-state index is -0.0561. The number of hydrogen-bond donors (Lipinski definition) is 0. The first kappa shape index (κ1) is 19.5. The zero-order chi connectivity index (χ0) is 19.9. The Balaban J connectivity index is 1.54. The predicted molar refractivity (Wildman–Crippen MR) is 108 cm³/mol. The number of amides is 2. The molecular weight excluding hydrogens is 356 g/mol. The Labute approximate surface area is 165 Å². The van der Waals surface area contributed by atoms with Gasteiger partial charge in [-0.1, -0.05) is 12.1 Å². The highest BCUT2D eigenvalue weighted by atomic mass is 16.5. The molecule has 28 heavy (non-hydrogen) atoms. The molecule has 3 rings (SSSR count). The molecule has 0 spiro atoms. The molecule has 146 valence electrons. The van der Waals surface area contributed by atoms with Crippen LogP contribution in [0.15, 0.2) is 54.6 Å². The van der Waals surface area contributed by atoms with Gasteiger partial charge in [0, 0.05) is 37.8 Å². The number of nitrogens with zero attached hydrogens (tertiary/aromatic N) is 2. The molecule has 0 N–H and O–H groups in total. The van der Waals surface area contributed by atoms with E-state index < -0.39 is 0 Å². The van der Waals surface area contributed by atoms with Crippen LogP contribution < -0.4 is 9.47 Å².